The molecule has 1 heteroatoms. The lowest BCUT2D eigenvalue weighted by atomic mass is 10.0. The van der Waals surface area contributed by atoms with E-state index in [0.29, 0.717) is 5.38 Å². The van der Waals surface area contributed by atoms with E-state index in [1.54, 1.807) is 0 Å². The second-order valence-electron chi connectivity index (χ2n) is 5.34. The van der Waals surface area contributed by atoms with Crippen molar-refractivity contribution < 1.29 is 0 Å². The summed E-state index contributed by atoms with van der Waals surface area (Å²) in [7, 11) is 0. The maximum Gasteiger partial charge on any atom is 0.0376 e. The molecule has 0 aliphatic heterocycles. The van der Waals surface area contributed by atoms with Gasteiger partial charge in [0.2, 0.25) is 0 Å². The molecule has 18 heavy (non-hydrogen) atoms. The zero-order valence-corrected chi connectivity index (χ0v) is 12.7. The van der Waals surface area contributed by atoms with Crippen LogP contribution in [0.4, 0.5) is 0 Å². The lowest BCUT2D eigenvalue weighted by Crippen LogP contribution is -2.03. The fourth-order valence-corrected chi connectivity index (χ4v) is 2.56. The molecule has 0 aliphatic carbocycles. The Balaban J connectivity index is 2.10. The van der Waals surface area contributed by atoms with E-state index in [1.165, 1.54) is 49.7 Å². The first-order chi connectivity index (χ1) is 8.72. The molecule has 0 aromatic heterocycles. The maximum absolute atomic E-state index is 6.40. The molecule has 0 aliphatic rings. The first-order valence-corrected chi connectivity index (χ1v) is 7.85. The van der Waals surface area contributed by atoms with Gasteiger partial charge in [0.05, 0.1) is 0 Å². The summed E-state index contributed by atoms with van der Waals surface area (Å²) >= 11 is 6.40. The molecule has 0 fully saturated rings. The van der Waals surface area contributed by atoms with E-state index in [1.807, 2.05) is 0 Å². The Morgan fingerprint density at radius 2 is 1.56 bits per heavy atom. The van der Waals surface area contributed by atoms with E-state index in [4.69, 9.17) is 11.6 Å². The summed E-state index contributed by atoms with van der Waals surface area (Å²) in [6, 6.07) is 8.74. The molecule has 1 aromatic carbocycles. The van der Waals surface area contributed by atoms with Crippen LogP contribution in [-0.2, 0) is 6.42 Å². The molecule has 102 valence electrons. The van der Waals surface area contributed by atoms with Crippen molar-refractivity contribution in [3.63, 3.8) is 0 Å². The summed E-state index contributed by atoms with van der Waals surface area (Å²) in [6.07, 6.45) is 10.3. The van der Waals surface area contributed by atoms with Crippen molar-refractivity contribution in [1.29, 1.82) is 0 Å². The Morgan fingerprint density at radius 3 is 2.22 bits per heavy atom. The predicted octanol–water partition coefficient (Wildman–Crippen LogP) is 5.90. The molecular formula is C17H27Cl. The highest BCUT2D eigenvalue weighted by Gasteiger charge is 2.05. The van der Waals surface area contributed by atoms with Crippen molar-refractivity contribution in [1.82, 2.24) is 0 Å². The highest BCUT2D eigenvalue weighted by molar-refractivity contribution is 6.20. The molecule has 0 nitrogen and oxygen atoms in total. The number of hydrogen-bond acceptors (Lipinski definition) is 0. The average Bonchev–Trinajstić information content (AvgIpc) is 2.36. The molecule has 0 bridgehead atoms. The smallest absolute Gasteiger partial charge is 0.0376 e. The fourth-order valence-electron chi connectivity index (χ4n) is 2.23. The Hall–Kier alpha value is -0.490. The lowest BCUT2D eigenvalue weighted by Gasteiger charge is -2.09. The van der Waals surface area contributed by atoms with Gasteiger partial charge in [0.25, 0.3) is 0 Å². The topological polar surface area (TPSA) is 0 Å². The van der Waals surface area contributed by atoms with Gasteiger partial charge in [0.15, 0.2) is 0 Å². The molecule has 0 saturated carbocycles. The molecule has 0 N–H and O–H groups in total. The SMILES string of the molecule is CCCCCCCCC(Cl)Cc1ccc(C)cc1. The fraction of sp³-hybridized carbons (Fsp3) is 0.647. The highest BCUT2D eigenvalue weighted by Crippen LogP contribution is 2.16. The van der Waals surface area contributed by atoms with Gasteiger partial charge in [-0.3, -0.25) is 0 Å². The largest absolute Gasteiger partial charge is 0.123 e. The molecule has 0 radical (unpaired) electrons. The lowest BCUT2D eigenvalue weighted by molar-refractivity contribution is 0.578. The Bertz CT molecular complexity index is 302. The minimum atomic E-state index is 0.305. The van der Waals surface area contributed by atoms with E-state index < -0.39 is 0 Å². The summed E-state index contributed by atoms with van der Waals surface area (Å²) in [6.45, 7) is 4.38. The van der Waals surface area contributed by atoms with E-state index >= 15 is 0 Å². The van der Waals surface area contributed by atoms with Crippen molar-refractivity contribution >= 4 is 11.6 Å². The average molecular weight is 267 g/mol. The molecule has 1 unspecified atom stereocenters. The zero-order valence-electron chi connectivity index (χ0n) is 11.9. The van der Waals surface area contributed by atoms with Crippen molar-refractivity contribution in [2.45, 2.75) is 70.6 Å². The van der Waals surface area contributed by atoms with Crippen LogP contribution in [-0.4, -0.2) is 5.38 Å². The van der Waals surface area contributed by atoms with Crippen molar-refractivity contribution in [2.75, 3.05) is 0 Å². The molecule has 1 aromatic rings. The molecule has 1 atom stereocenters. The minimum Gasteiger partial charge on any atom is -0.123 e. The highest BCUT2D eigenvalue weighted by atomic mass is 35.5. The predicted molar refractivity (Wildman–Crippen MR) is 82.5 cm³/mol. The molecule has 0 spiro atoms. The second kappa shape index (κ2) is 9.44. The van der Waals surface area contributed by atoms with Gasteiger partial charge in [0.1, 0.15) is 0 Å². The Morgan fingerprint density at radius 1 is 0.944 bits per heavy atom. The number of hydrogen-bond donors (Lipinski definition) is 0. The monoisotopic (exact) mass is 266 g/mol. The first-order valence-electron chi connectivity index (χ1n) is 7.42. The van der Waals surface area contributed by atoms with Crippen LogP contribution in [0.3, 0.4) is 0 Å². The van der Waals surface area contributed by atoms with Gasteiger partial charge >= 0.3 is 0 Å². The number of rotatable bonds is 9. The van der Waals surface area contributed by atoms with Crippen molar-refractivity contribution in [2.24, 2.45) is 0 Å². The molecule has 0 amide bonds. The number of unbranched alkanes of at least 4 members (excludes halogenated alkanes) is 5. The molecule has 1 rings (SSSR count). The summed E-state index contributed by atoms with van der Waals surface area (Å²) < 4.78 is 0. The molecule has 0 saturated heterocycles. The van der Waals surface area contributed by atoms with Gasteiger partial charge in [-0.15, -0.1) is 11.6 Å². The van der Waals surface area contributed by atoms with Crippen LogP contribution in [0.25, 0.3) is 0 Å². The van der Waals surface area contributed by atoms with Gasteiger partial charge in [-0.25, -0.2) is 0 Å². The first kappa shape index (κ1) is 15.6. The summed E-state index contributed by atoms with van der Waals surface area (Å²) in [5.41, 5.74) is 2.69. The zero-order chi connectivity index (χ0) is 13.2. The summed E-state index contributed by atoms with van der Waals surface area (Å²) in [4.78, 5) is 0. The minimum absolute atomic E-state index is 0.305. The third kappa shape index (κ3) is 7.06. The molecular weight excluding hydrogens is 240 g/mol. The third-order valence-corrected chi connectivity index (χ3v) is 3.82. The molecule has 0 heterocycles. The third-order valence-electron chi connectivity index (χ3n) is 3.45. The normalized spacial score (nSPS) is 12.6. The van der Waals surface area contributed by atoms with Crippen LogP contribution in [0.2, 0.25) is 0 Å². The number of halogens is 1. The maximum atomic E-state index is 6.40. The second-order valence-corrected chi connectivity index (χ2v) is 5.96. The van der Waals surface area contributed by atoms with Crippen LogP contribution < -0.4 is 0 Å². The number of alkyl halides is 1. The van der Waals surface area contributed by atoms with Crippen molar-refractivity contribution in [3.05, 3.63) is 35.4 Å². The van der Waals surface area contributed by atoms with Gasteiger partial charge < -0.3 is 0 Å². The summed E-state index contributed by atoms with van der Waals surface area (Å²) in [5.74, 6) is 0. The van der Waals surface area contributed by atoms with Crippen LogP contribution in [0.5, 0.6) is 0 Å². The van der Waals surface area contributed by atoms with Crippen LogP contribution >= 0.6 is 11.6 Å². The standard InChI is InChI=1S/C17H27Cl/c1-3-4-5-6-7-8-9-17(18)14-16-12-10-15(2)11-13-16/h10-13,17H,3-9,14H2,1-2H3. The van der Waals surface area contributed by atoms with E-state index in [9.17, 15) is 0 Å². The van der Waals surface area contributed by atoms with E-state index in [2.05, 4.69) is 38.1 Å². The van der Waals surface area contributed by atoms with Crippen LogP contribution in [0, 0.1) is 6.92 Å². The van der Waals surface area contributed by atoms with E-state index in [0.717, 1.165) is 12.8 Å². The summed E-state index contributed by atoms with van der Waals surface area (Å²) in [5, 5.41) is 0.305. The van der Waals surface area contributed by atoms with Gasteiger partial charge in [0, 0.05) is 5.38 Å². The Kier molecular flexibility index (Phi) is 8.17. The number of aryl methyl sites for hydroxylation is 1. The van der Waals surface area contributed by atoms with E-state index in [-0.39, 0.29) is 0 Å². The van der Waals surface area contributed by atoms with Gasteiger partial charge in [-0.2, -0.15) is 0 Å². The van der Waals surface area contributed by atoms with Gasteiger partial charge in [-0.1, -0.05) is 75.3 Å². The van der Waals surface area contributed by atoms with Crippen molar-refractivity contribution in [3.8, 4) is 0 Å². The van der Waals surface area contributed by atoms with Gasteiger partial charge in [-0.05, 0) is 25.3 Å². The quantitative estimate of drug-likeness (QED) is 0.386. The van der Waals surface area contributed by atoms with Crippen LogP contribution in [0.1, 0.15) is 63.0 Å². The van der Waals surface area contributed by atoms with Crippen LogP contribution in [0.15, 0.2) is 24.3 Å². The Labute approximate surface area is 118 Å². The number of benzene rings is 1.